The maximum absolute atomic E-state index is 13.7. The molecule has 1 aliphatic heterocycles. The van der Waals surface area contributed by atoms with Gasteiger partial charge in [-0.15, -0.1) is 0 Å². The molecule has 138 valence electrons. The minimum Gasteiger partial charge on any atom is -0.316 e. The molecule has 1 saturated heterocycles. The topological polar surface area (TPSA) is 36.0 Å². The van der Waals surface area contributed by atoms with Gasteiger partial charge in [0.15, 0.2) is 0 Å². The van der Waals surface area contributed by atoms with Crippen molar-refractivity contribution >= 4 is 7.52 Å². The summed E-state index contributed by atoms with van der Waals surface area (Å²) in [7, 11) is 1.36. The highest BCUT2D eigenvalue weighted by molar-refractivity contribution is 7.58. The van der Waals surface area contributed by atoms with E-state index < -0.39 is 7.52 Å². The molecule has 0 amide bonds. The first-order valence-electron chi connectivity index (χ1n) is 8.72. The van der Waals surface area contributed by atoms with Crippen LogP contribution < -0.4 is 0 Å². The van der Waals surface area contributed by atoms with Gasteiger partial charge >= 0.3 is 0 Å². The number of hydrogen-bond acceptors (Lipinski definition) is 4. The fraction of sp³-hybridized carbons (Fsp3) is 1.00. The van der Waals surface area contributed by atoms with Crippen LogP contribution in [0.2, 0.25) is 0 Å². The lowest BCUT2D eigenvalue weighted by Crippen LogP contribution is -2.48. The van der Waals surface area contributed by atoms with Gasteiger partial charge in [-0.1, -0.05) is 20.8 Å². The molecule has 0 aromatic carbocycles. The molecule has 1 fully saturated rings. The van der Waals surface area contributed by atoms with Crippen molar-refractivity contribution in [3.63, 3.8) is 0 Å². The number of nitrogens with zero attached hydrogens (tertiary/aromatic N) is 3. The Morgan fingerprint density at radius 3 is 1.91 bits per heavy atom. The van der Waals surface area contributed by atoms with Gasteiger partial charge in [-0.25, -0.2) is 4.67 Å². The van der Waals surface area contributed by atoms with Crippen LogP contribution in [-0.4, -0.2) is 79.6 Å². The minimum absolute atomic E-state index is 0.0223. The van der Waals surface area contributed by atoms with Gasteiger partial charge in [0.25, 0.3) is 7.52 Å². The minimum atomic E-state index is -2.84. The number of likely N-dealkylation sites (N-methyl/N-ethyl adjacent to an activating group) is 1. The average Bonchev–Trinajstić information content (AvgIpc) is 2.41. The molecule has 0 aliphatic carbocycles. The molecule has 0 aromatic heterocycles. The summed E-state index contributed by atoms with van der Waals surface area (Å²) in [5.41, 5.74) is 0.0223. The molecule has 0 bridgehead atoms. The summed E-state index contributed by atoms with van der Waals surface area (Å²) in [6.45, 7) is 18.7. The van der Waals surface area contributed by atoms with E-state index in [2.05, 4.69) is 49.3 Å². The maximum Gasteiger partial charge on any atom is 0.277 e. The third-order valence-corrected chi connectivity index (χ3v) is 7.42. The Hall–Kier alpha value is 0.0700. The van der Waals surface area contributed by atoms with Crippen LogP contribution in [0.25, 0.3) is 0 Å². The maximum atomic E-state index is 13.7. The van der Waals surface area contributed by atoms with Crippen molar-refractivity contribution in [3.05, 3.63) is 0 Å². The van der Waals surface area contributed by atoms with Gasteiger partial charge in [-0.2, -0.15) is 0 Å². The Morgan fingerprint density at radius 2 is 1.52 bits per heavy atom. The van der Waals surface area contributed by atoms with Crippen molar-refractivity contribution in [3.8, 4) is 0 Å². The van der Waals surface area contributed by atoms with Crippen LogP contribution in [0.1, 0.15) is 41.5 Å². The van der Waals surface area contributed by atoms with Gasteiger partial charge in [0.1, 0.15) is 0 Å². The molecule has 1 aliphatic rings. The second kappa shape index (κ2) is 7.97. The van der Waals surface area contributed by atoms with E-state index in [9.17, 15) is 4.57 Å². The normalized spacial score (nSPS) is 21.6. The van der Waals surface area contributed by atoms with Crippen LogP contribution in [0, 0.1) is 5.41 Å². The molecule has 1 atom stereocenters. The summed E-state index contributed by atoms with van der Waals surface area (Å²) in [6, 6.07) is 0. The Balaban J connectivity index is 2.70. The predicted molar refractivity (Wildman–Crippen MR) is 99.3 cm³/mol. The SMILES string of the molecule is CN(C)CCN1CCN(P(=O)(OCC(C)(C)C)C(C)(C)C)CC1. The Morgan fingerprint density at radius 1 is 1.00 bits per heavy atom. The summed E-state index contributed by atoms with van der Waals surface area (Å²) >= 11 is 0. The standard InChI is InChI=1S/C17H38N3O2P/c1-16(2,3)15-22-23(21,17(4,5)6)20-13-11-19(12-14-20)10-9-18(7)8/h9-15H2,1-8H3. The summed E-state index contributed by atoms with van der Waals surface area (Å²) in [5, 5.41) is -0.357. The third-order valence-electron chi connectivity index (χ3n) is 4.10. The summed E-state index contributed by atoms with van der Waals surface area (Å²) in [6.07, 6.45) is 0. The number of hydrogen-bond donors (Lipinski definition) is 0. The van der Waals surface area contributed by atoms with Crippen molar-refractivity contribution in [2.75, 3.05) is 60.0 Å². The van der Waals surface area contributed by atoms with E-state index in [-0.39, 0.29) is 10.6 Å². The molecule has 0 N–H and O–H groups in total. The van der Waals surface area contributed by atoms with E-state index in [1.165, 1.54) is 0 Å². The first-order valence-corrected chi connectivity index (χ1v) is 10.3. The molecule has 6 heteroatoms. The van der Waals surface area contributed by atoms with Gasteiger partial charge in [-0.3, -0.25) is 9.46 Å². The number of piperazine rings is 1. The van der Waals surface area contributed by atoms with Crippen molar-refractivity contribution in [2.24, 2.45) is 5.41 Å². The quantitative estimate of drug-likeness (QED) is 0.690. The lowest BCUT2D eigenvalue weighted by Gasteiger charge is -2.44. The van der Waals surface area contributed by atoms with E-state index in [0.717, 1.165) is 39.3 Å². The molecule has 1 rings (SSSR count). The largest absolute Gasteiger partial charge is 0.316 e. The Labute approximate surface area is 143 Å². The Bertz CT molecular complexity index is 405. The van der Waals surface area contributed by atoms with E-state index in [1.54, 1.807) is 0 Å². The first kappa shape index (κ1) is 21.1. The van der Waals surface area contributed by atoms with Gasteiger partial charge in [-0.05, 0) is 40.3 Å². The molecule has 5 nitrogen and oxygen atoms in total. The van der Waals surface area contributed by atoms with Crippen molar-refractivity contribution in [1.82, 2.24) is 14.5 Å². The fourth-order valence-corrected chi connectivity index (χ4v) is 5.21. The molecule has 0 saturated carbocycles. The smallest absolute Gasteiger partial charge is 0.277 e. The van der Waals surface area contributed by atoms with Gasteiger partial charge < -0.3 is 9.42 Å². The zero-order valence-corrected chi connectivity index (χ0v) is 17.4. The molecule has 1 unspecified atom stereocenters. The second-order valence-corrected chi connectivity index (χ2v) is 12.3. The third kappa shape index (κ3) is 6.47. The van der Waals surface area contributed by atoms with E-state index >= 15 is 0 Å². The van der Waals surface area contributed by atoms with Crippen molar-refractivity contribution in [2.45, 2.75) is 46.7 Å². The zero-order chi connectivity index (χ0) is 17.9. The molecule has 0 aromatic rings. The molecule has 0 radical (unpaired) electrons. The van der Waals surface area contributed by atoms with E-state index in [1.807, 2.05) is 20.8 Å². The van der Waals surface area contributed by atoms with Gasteiger partial charge in [0, 0.05) is 39.3 Å². The van der Waals surface area contributed by atoms with Crippen molar-refractivity contribution < 1.29 is 9.09 Å². The molecule has 0 spiro atoms. The first-order chi connectivity index (χ1) is 10.3. The van der Waals surface area contributed by atoms with Gasteiger partial charge in [0.2, 0.25) is 0 Å². The van der Waals surface area contributed by atoms with Crippen molar-refractivity contribution in [1.29, 1.82) is 0 Å². The highest BCUT2D eigenvalue weighted by Crippen LogP contribution is 2.62. The molecule has 23 heavy (non-hydrogen) atoms. The molecular formula is C17H38N3O2P. The van der Waals surface area contributed by atoms with E-state index in [0.29, 0.717) is 6.61 Å². The number of rotatable bonds is 6. The lowest BCUT2D eigenvalue weighted by atomic mass is 9.99. The monoisotopic (exact) mass is 347 g/mol. The fourth-order valence-electron chi connectivity index (χ4n) is 2.55. The molecule has 1 heterocycles. The lowest BCUT2D eigenvalue weighted by molar-refractivity contribution is 0.133. The summed E-state index contributed by atoms with van der Waals surface area (Å²) < 4.78 is 21.9. The van der Waals surface area contributed by atoms with E-state index in [4.69, 9.17) is 4.52 Å². The van der Waals surface area contributed by atoms with Crippen LogP contribution in [-0.2, 0) is 9.09 Å². The zero-order valence-electron chi connectivity index (χ0n) is 16.6. The summed E-state index contributed by atoms with van der Waals surface area (Å²) in [4.78, 5) is 4.66. The highest BCUT2D eigenvalue weighted by Gasteiger charge is 2.45. The van der Waals surface area contributed by atoms with Crippen LogP contribution in [0.15, 0.2) is 0 Å². The van der Waals surface area contributed by atoms with Crippen LogP contribution >= 0.6 is 7.52 Å². The predicted octanol–water partition coefficient (Wildman–Crippen LogP) is 3.22. The van der Waals surface area contributed by atoms with Crippen LogP contribution in [0.5, 0.6) is 0 Å². The highest BCUT2D eigenvalue weighted by atomic mass is 31.2. The molecular weight excluding hydrogens is 309 g/mol. The van der Waals surface area contributed by atoms with Gasteiger partial charge in [0.05, 0.1) is 11.8 Å². The Kier molecular flexibility index (Phi) is 7.31. The average molecular weight is 347 g/mol. The summed E-state index contributed by atoms with van der Waals surface area (Å²) in [5.74, 6) is 0. The van der Waals surface area contributed by atoms with Crippen LogP contribution in [0.3, 0.4) is 0 Å². The second-order valence-electron chi connectivity index (χ2n) is 9.12. The van der Waals surface area contributed by atoms with Crippen LogP contribution in [0.4, 0.5) is 0 Å².